The van der Waals surface area contributed by atoms with Gasteiger partial charge in [-0.2, -0.15) is 0 Å². The largest absolute Gasteiger partial charge is 0.352 e. The predicted molar refractivity (Wildman–Crippen MR) is 136 cm³/mol. The lowest BCUT2D eigenvalue weighted by Gasteiger charge is -2.22. The fourth-order valence-corrected chi connectivity index (χ4v) is 4.99. The van der Waals surface area contributed by atoms with Gasteiger partial charge < -0.3 is 5.32 Å². The molecule has 0 saturated heterocycles. The van der Waals surface area contributed by atoms with Crippen LogP contribution in [-0.4, -0.2) is 30.7 Å². The minimum Gasteiger partial charge on any atom is -0.349 e. The molecule has 188 valence electrons. The monoisotopic (exact) mass is 491 g/mol. The van der Waals surface area contributed by atoms with Gasteiger partial charge in [-0.15, -0.1) is 5.10 Å². The fraction of sp³-hybridized carbons (Fsp3) is 0.407. The Balaban J connectivity index is 1.66. The van der Waals surface area contributed by atoms with Gasteiger partial charge in [-0.3, -0.25) is 14.2 Å². The summed E-state index contributed by atoms with van der Waals surface area (Å²) in [7, 11) is 0. The van der Waals surface area contributed by atoms with Gasteiger partial charge in [0.1, 0.15) is 5.82 Å². The number of rotatable bonds is 6. The van der Waals surface area contributed by atoms with Crippen molar-refractivity contribution in [3.05, 3.63) is 80.2 Å². The summed E-state index contributed by atoms with van der Waals surface area (Å²) < 4.78 is 18.3. The van der Waals surface area contributed by atoms with Crippen LogP contribution in [0.5, 0.6) is 0 Å². The Morgan fingerprint density at radius 1 is 1.11 bits per heavy atom. The molecule has 1 amide bonds. The molecule has 1 saturated carbocycles. The fourth-order valence-electron chi connectivity index (χ4n) is 4.99. The number of amides is 1. The number of carbonyl (C=O) groups is 1. The third kappa shape index (κ3) is 4.45. The van der Waals surface area contributed by atoms with Crippen LogP contribution in [-0.2, 0) is 13.1 Å². The second-order valence-corrected chi connectivity index (χ2v) is 10.0. The summed E-state index contributed by atoms with van der Waals surface area (Å²) >= 11 is 0. The first-order valence-electron chi connectivity index (χ1n) is 12.5. The lowest BCUT2D eigenvalue weighted by Crippen LogP contribution is -2.36. The molecule has 9 heteroatoms. The summed E-state index contributed by atoms with van der Waals surface area (Å²) in [6.45, 7) is 4.23. The minimum absolute atomic E-state index is 0.0770. The Hall–Kier alpha value is -3.75. The molecule has 5 rings (SSSR count). The van der Waals surface area contributed by atoms with Crippen LogP contribution >= 0.6 is 0 Å². The molecule has 36 heavy (non-hydrogen) atoms. The molecular weight excluding hydrogens is 461 g/mol. The molecule has 4 aromatic rings. The zero-order valence-corrected chi connectivity index (χ0v) is 20.5. The quantitative estimate of drug-likeness (QED) is 0.445. The van der Waals surface area contributed by atoms with Crippen molar-refractivity contribution in [3.63, 3.8) is 0 Å². The summed E-state index contributed by atoms with van der Waals surface area (Å²) in [6, 6.07) is 11.1. The van der Waals surface area contributed by atoms with Crippen LogP contribution in [0.25, 0.3) is 16.7 Å². The van der Waals surface area contributed by atoms with Crippen molar-refractivity contribution in [2.24, 2.45) is 5.92 Å². The van der Waals surface area contributed by atoms with Gasteiger partial charge in [0.15, 0.2) is 0 Å². The van der Waals surface area contributed by atoms with Crippen molar-refractivity contribution < 1.29 is 9.18 Å². The Morgan fingerprint density at radius 3 is 2.58 bits per heavy atom. The molecule has 0 spiro atoms. The molecule has 1 aliphatic rings. The number of benzene rings is 2. The first kappa shape index (κ1) is 24.0. The zero-order chi connectivity index (χ0) is 25.4. The number of carbonyl (C=O) groups excluding carboxylic acids is 1. The molecule has 2 aromatic heterocycles. The minimum atomic E-state index is -0.499. The van der Waals surface area contributed by atoms with E-state index < -0.39 is 11.5 Å². The first-order chi connectivity index (χ1) is 17.3. The zero-order valence-electron chi connectivity index (χ0n) is 20.5. The van der Waals surface area contributed by atoms with Gasteiger partial charge in [-0.25, -0.2) is 18.3 Å². The molecule has 2 aromatic carbocycles. The molecule has 1 aliphatic carbocycles. The molecule has 0 atom stereocenters. The van der Waals surface area contributed by atoms with Crippen molar-refractivity contribution in [3.8, 4) is 0 Å². The Kier molecular flexibility index (Phi) is 6.47. The van der Waals surface area contributed by atoms with Gasteiger partial charge in [0.2, 0.25) is 5.78 Å². The number of nitrogens with one attached hydrogen (secondary N) is 1. The van der Waals surface area contributed by atoms with E-state index in [1.54, 1.807) is 36.4 Å². The van der Waals surface area contributed by atoms with Crippen LogP contribution < -0.4 is 16.6 Å². The summed E-state index contributed by atoms with van der Waals surface area (Å²) in [5.74, 6) is -0.369. The highest BCUT2D eigenvalue weighted by Crippen LogP contribution is 2.19. The Labute approximate surface area is 207 Å². The highest BCUT2D eigenvalue weighted by Gasteiger charge is 2.21. The number of nitrogens with zero attached hydrogens (tertiary/aromatic N) is 4. The third-order valence-electron chi connectivity index (χ3n) is 6.81. The van der Waals surface area contributed by atoms with Gasteiger partial charge in [0, 0.05) is 23.7 Å². The summed E-state index contributed by atoms with van der Waals surface area (Å²) in [5.41, 5.74) is 0.229. The lowest BCUT2D eigenvalue weighted by molar-refractivity contribution is 0.0928. The molecular formula is C27H30FN5O3. The van der Waals surface area contributed by atoms with Crippen LogP contribution in [0, 0.1) is 11.7 Å². The highest BCUT2D eigenvalue weighted by atomic mass is 19.1. The van der Waals surface area contributed by atoms with Gasteiger partial charge in [-0.1, -0.05) is 51.3 Å². The summed E-state index contributed by atoms with van der Waals surface area (Å²) in [4.78, 5) is 40.0. The van der Waals surface area contributed by atoms with E-state index in [1.165, 1.54) is 21.5 Å². The van der Waals surface area contributed by atoms with Crippen molar-refractivity contribution in [1.29, 1.82) is 0 Å². The van der Waals surface area contributed by atoms with Crippen molar-refractivity contribution in [1.82, 2.24) is 24.1 Å². The van der Waals surface area contributed by atoms with Crippen molar-refractivity contribution in [2.75, 3.05) is 0 Å². The molecule has 0 unspecified atom stereocenters. The lowest BCUT2D eigenvalue weighted by atomic mass is 9.95. The van der Waals surface area contributed by atoms with E-state index in [0.29, 0.717) is 28.6 Å². The molecule has 2 heterocycles. The normalized spacial score (nSPS) is 14.7. The Bertz CT molecular complexity index is 1560. The Morgan fingerprint density at radius 2 is 1.86 bits per heavy atom. The van der Waals surface area contributed by atoms with Crippen molar-refractivity contribution >= 4 is 22.6 Å². The van der Waals surface area contributed by atoms with Gasteiger partial charge >= 0.3 is 5.69 Å². The maximum atomic E-state index is 14.3. The number of fused-ring (bicyclic) bond motifs is 3. The average Bonchev–Trinajstić information content (AvgIpc) is 3.19. The second-order valence-electron chi connectivity index (χ2n) is 10.0. The number of hydrogen-bond donors (Lipinski definition) is 1. The van der Waals surface area contributed by atoms with Crippen LogP contribution in [0.3, 0.4) is 0 Å². The van der Waals surface area contributed by atoms with Crippen LogP contribution in [0.2, 0.25) is 0 Å². The van der Waals surface area contributed by atoms with E-state index in [-0.39, 0.29) is 35.7 Å². The van der Waals surface area contributed by atoms with Crippen LogP contribution in [0.15, 0.2) is 52.1 Å². The maximum absolute atomic E-state index is 14.3. The molecule has 1 N–H and O–H groups in total. The SMILES string of the molecule is CC(C)Cn1c(=O)c2ccc(C(=O)NC3CCCCC3)cc2n2c(=O)n(Cc3ccccc3F)nc12. The second kappa shape index (κ2) is 9.72. The van der Waals surface area contributed by atoms with E-state index >= 15 is 0 Å². The number of hydrogen-bond acceptors (Lipinski definition) is 4. The van der Waals surface area contributed by atoms with Gasteiger partial charge in [0.05, 0.1) is 17.4 Å². The molecule has 0 aliphatic heterocycles. The van der Waals surface area contributed by atoms with Gasteiger partial charge in [-0.05, 0) is 43.0 Å². The smallest absolute Gasteiger partial charge is 0.349 e. The standard InChI is InChI=1S/C27H30FN5O3/c1-17(2)15-31-25(35)21-13-12-18(24(34)29-20-9-4-3-5-10-20)14-23(21)33-26(31)30-32(27(33)36)16-19-8-6-7-11-22(19)28/h6-8,11-14,17,20H,3-5,9-10,15-16H2,1-2H3,(H,29,34). The highest BCUT2D eigenvalue weighted by molar-refractivity contribution is 5.98. The summed E-state index contributed by atoms with van der Waals surface area (Å²) in [6.07, 6.45) is 5.27. The van der Waals surface area contributed by atoms with Crippen LogP contribution in [0.4, 0.5) is 4.39 Å². The van der Waals surface area contributed by atoms with Gasteiger partial charge in [0.25, 0.3) is 11.5 Å². The van der Waals surface area contributed by atoms with E-state index in [1.807, 2.05) is 13.8 Å². The van der Waals surface area contributed by atoms with E-state index in [4.69, 9.17) is 0 Å². The molecule has 8 nitrogen and oxygen atoms in total. The summed E-state index contributed by atoms with van der Waals surface area (Å²) in [5, 5.41) is 7.85. The topological polar surface area (TPSA) is 90.4 Å². The average molecular weight is 492 g/mol. The van der Waals surface area contributed by atoms with Crippen molar-refractivity contribution in [2.45, 2.75) is 65.1 Å². The van der Waals surface area contributed by atoms with E-state index in [2.05, 4.69) is 10.4 Å². The molecule has 0 bridgehead atoms. The van der Waals surface area contributed by atoms with Crippen LogP contribution in [0.1, 0.15) is 61.9 Å². The van der Waals surface area contributed by atoms with E-state index in [9.17, 15) is 18.8 Å². The maximum Gasteiger partial charge on any atom is 0.352 e. The molecule has 0 radical (unpaired) electrons. The predicted octanol–water partition coefficient (Wildman–Crippen LogP) is 3.72. The first-order valence-corrected chi connectivity index (χ1v) is 12.5. The number of halogens is 1. The number of aromatic nitrogens is 4. The van der Waals surface area contributed by atoms with E-state index in [0.717, 1.165) is 30.4 Å². The third-order valence-corrected chi connectivity index (χ3v) is 6.81. The molecule has 1 fully saturated rings.